The molecule has 5 rings (SSSR count). The number of hydrogen-bond acceptors (Lipinski definition) is 14. The number of thioether (sulfide) groups is 1. The molecule has 17 heteroatoms. The molecular formula is C38H51N6O8PS2. The lowest BCUT2D eigenvalue weighted by Gasteiger charge is -2.37. The van der Waals surface area contributed by atoms with E-state index in [-0.39, 0.29) is 23.1 Å². The van der Waals surface area contributed by atoms with Crippen LogP contribution in [-0.4, -0.2) is 77.6 Å². The smallest absolute Gasteiger partial charge is 0.444 e. The molecule has 298 valence electrons. The number of nitrogens with one attached hydrogen (secondary N) is 1. The average molecular weight is 815 g/mol. The predicted molar refractivity (Wildman–Crippen MR) is 214 cm³/mol. The molecule has 0 unspecified atom stereocenters. The van der Waals surface area contributed by atoms with Crippen LogP contribution in [0.1, 0.15) is 99.4 Å². The summed E-state index contributed by atoms with van der Waals surface area (Å²) >= 11 is 2.34. The number of nitrogens with zero attached hydrogens (tertiary/aromatic N) is 5. The molecule has 55 heavy (non-hydrogen) atoms. The Morgan fingerprint density at radius 3 is 2.27 bits per heavy atom. The second kappa shape index (κ2) is 17.2. The van der Waals surface area contributed by atoms with Crippen LogP contribution in [0.25, 0.3) is 17.3 Å². The maximum Gasteiger partial charge on any atom is 0.477 e. The first-order valence-corrected chi connectivity index (χ1v) is 21.4. The van der Waals surface area contributed by atoms with Gasteiger partial charge in [0.2, 0.25) is 5.95 Å². The Bertz CT molecular complexity index is 1890. The molecule has 1 saturated carbocycles. The van der Waals surface area contributed by atoms with Gasteiger partial charge >= 0.3 is 13.9 Å². The van der Waals surface area contributed by atoms with Crippen LogP contribution in [0.4, 0.5) is 15.5 Å². The van der Waals surface area contributed by atoms with E-state index in [0.717, 1.165) is 59.3 Å². The number of thiophene rings is 1. The fraction of sp³-hybridized carbons (Fsp3) is 0.526. The molecule has 14 nitrogen and oxygen atoms in total. The van der Waals surface area contributed by atoms with E-state index in [1.807, 2.05) is 50.4 Å². The summed E-state index contributed by atoms with van der Waals surface area (Å²) in [6.45, 7) is 15.5. The Morgan fingerprint density at radius 1 is 0.964 bits per heavy atom. The first kappa shape index (κ1) is 42.5. The van der Waals surface area contributed by atoms with Gasteiger partial charge in [-0.1, -0.05) is 6.07 Å². The van der Waals surface area contributed by atoms with Gasteiger partial charge in [0, 0.05) is 29.2 Å². The van der Waals surface area contributed by atoms with Crippen molar-refractivity contribution in [1.82, 2.24) is 24.8 Å². The molecule has 0 bridgehead atoms. The molecule has 0 radical (unpaired) electrons. The van der Waals surface area contributed by atoms with Gasteiger partial charge in [-0.2, -0.15) is 11.3 Å². The second-order valence-electron chi connectivity index (χ2n) is 16.3. The van der Waals surface area contributed by atoms with E-state index in [4.69, 9.17) is 23.3 Å². The minimum absolute atomic E-state index is 0.0396. The Balaban J connectivity index is 1.21. The number of pyridine rings is 1. The first-order valence-electron chi connectivity index (χ1n) is 18.1. The largest absolute Gasteiger partial charge is 0.477 e. The van der Waals surface area contributed by atoms with E-state index in [2.05, 4.69) is 20.7 Å². The highest BCUT2D eigenvalue weighted by Crippen LogP contribution is 2.55. The van der Waals surface area contributed by atoms with Gasteiger partial charge < -0.3 is 10.1 Å². The molecule has 1 saturated heterocycles. The molecule has 4 heterocycles. The van der Waals surface area contributed by atoms with Crippen LogP contribution in [0.5, 0.6) is 0 Å². The van der Waals surface area contributed by atoms with Gasteiger partial charge in [-0.3, -0.25) is 33.0 Å². The fourth-order valence-electron chi connectivity index (χ4n) is 5.83. The zero-order valence-electron chi connectivity index (χ0n) is 32.9. The summed E-state index contributed by atoms with van der Waals surface area (Å²) in [6, 6.07) is 9.51. The van der Waals surface area contributed by atoms with Crippen molar-refractivity contribution in [2.24, 2.45) is 0 Å². The van der Waals surface area contributed by atoms with Crippen molar-refractivity contribution in [1.29, 1.82) is 0 Å². The molecule has 0 atom stereocenters. The van der Waals surface area contributed by atoms with Crippen molar-refractivity contribution in [3.8, 4) is 11.3 Å². The van der Waals surface area contributed by atoms with Crippen molar-refractivity contribution in [2.45, 2.75) is 123 Å². The number of amides is 3. The lowest BCUT2D eigenvalue weighted by molar-refractivity contribution is -0.125. The summed E-state index contributed by atoms with van der Waals surface area (Å²) in [4.78, 5) is 56.2. The lowest BCUT2D eigenvalue weighted by Crippen LogP contribution is -2.45. The van der Waals surface area contributed by atoms with Gasteiger partial charge in [-0.15, -0.1) is 0 Å². The van der Waals surface area contributed by atoms with E-state index in [1.165, 1.54) is 6.08 Å². The molecule has 3 amide bonds. The summed E-state index contributed by atoms with van der Waals surface area (Å²) in [6.07, 6.45) is 5.66. The summed E-state index contributed by atoms with van der Waals surface area (Å²) in [5, 5.41) is 6.88. The molecular weight excluding hydrogens is 764 g/mol. The molecule has 2 fully saturated rings. The van der Waals surface area contributed by atoms with Crippen molar-refractivity contribution in [2.75, 3.05) is 12.0 Å². The quantitative estimate of drug-likeness (QED) is 0.136. The highest BCUT2D eigenvalue weighted by Gasteiger charge is 2.41. The van der Waals surface area contributed by atoms with Gasteiger partial charge in [-0.25, -0.2) is 24.2 Å². The normalized spacial score (nSPS) is 19.2. The SMILES string of the molecule is CC(C)(C)OC(=O)N(Cc1cccc(-c2ccsc2)n1)C1CCC(Nc2nccc(/C=C3\SC(=O)N(COP(=O)(OC(C)(C)C)OC(C)(C)C)C3=O)n2)CC1. The number of ether oxygens (including phenoxy) is 1. The van der Waals surface area contributed by atoms with Crippen LogP contribution in [0, 0.1) is 0 Å². The van der Waals surface area contributed by atoms with Crippen molar-refractivity contribution in [3.63, 3.8) is 0 Å². The minimum atomic E-state index is -4.16. The van der Waals surface area contributed by atoms with Crippen LogP contribution in [0.2, 0.25) is 0 Å². The number of imide groups is 1. The molecule has 1 aliphatic heterocycles. The van der Waals surface area contributed by atoms with Crippen LogP contribution >= 0.6 is 30.9 Å². The highest BCUT2D eigenvalue weighted by molar-refractivity contribution is 8.18. The van der Waals surface area contributed by atoms with Crippen LogP contribution < -0.4 is 5.32 Å². The van der Waals surface area contributed by atoms with E-state index in [9.17, 15) is 18.9 Å². The average Bonchev–Trinajstić information content (AvgIpc) is 3.69. The second-order valence-corrected chi connectivity index (χ2v) is 19.6. The summed E-state index contributed by atoms with van der Waals surface area (Å²) in [5.74, 6) is -0.250. The maximum absolute atomic E-state index is 13.5. The van der Waals surface area contributed by atoms with Crippen LogP contribution in [0.15, 0.2) is 52.2 Å². The van der Waals surface area contributed by atoms with Crippen molar-refractivity contribution in [3.05, 3.63) is 63.6 Å². The van der Waals surface area contributed by atoms with Crippen LogP contribution in [0.3, 0.4) is 0 Å². The lowest BCUT2D eigenvalue weighted by atomic mass is 9.90. The number of aromatic nitrogens is 3. The maximum atomic E-state index is 13.5. The number of anilines is 1. The molecule has 0 spiro atoms. The number of carbonyl (C=O) groups is 3. The van der Waals surface area contributed by atoms with Gasteiger partial charge in [0.25, 0.3) is 11.1 Å². The Morgan fingerprint density at radius 2 is 1.65 bits per heavy atom. The third-order valence-corrected chi connectivity index (χ3v) is 11.6. The zero-order chi connectivity index (χ0) is 40.2. The predicted octanol–water partition coefficient (Wildman–Crippen LogP) is 9.51. The van der Waals surface area contributed by atoms with E-state index < -0.39 is 42.5 Å². The van der Waals surface area contributed by atoms with E-state index in [1.54, 1.807) is 70.0 Å². The van der Waals surface area contributed by atoms with Gasteiger partial charge in [0.15, 0.2) is 0 Å². The van der Waals surface area contributed by atoms with Crippen molar-refractivity contribution < 1.29 is 37.3 Å². The molecule has 3 aromatic heterocycles. The van der Waals surface area contributed by atoms with E-state index in [0.29, 0.717) is 18.2 Å². The Labute approximate surface area is 331 Å². The summed E-state index contributed by atoms with van der Waals surface area (Å²) in [7, 11) is -4.16. The fourth-order valence-corrected chi connectivity index (χ4v) is 9.03. The standard InChI is InChI=1S/C38H51N6O8PS2/c1-36(2,3)50-34(46)43(22-28-11-10-12-30(40-28)25-18-20-54-23-25)29-15-13-26(14-16-29)41-33-39-19-17-27(42-33)21-31-32(45)44(35(47)55-31)24-49-53(48,51-37(4,5)6)52-38(7,8)9/h10-12,17-21,23,26,29H,13-16,22,24H2,1-9H3,(H,39,41,42)/b31-21-. The third-order valence-electron chi connectivity index (χ3n) is 8.00. The first-order chi connectivity index (χ1) is 25.7. The summed E-state index contributed by atoms with van der Waals surface area (Å²) < 4.78 is 36.0. The Hall–Kier alpha value is -3.66. The number of hydrogen-bond donors (Lipinski definition) is 1. The highest BCUT2D eigenvalue weighted by atomic mass is 32.2. The third kappa shape index (κ3) is 12.7. The Kier molecular flexibility index (Phi) is 13.3. The molecule has 3 aromatic rings. The van der Waals surface area contributed by atoms with E-state index >= 15 is 0 Å². The summed E-state index contributed by atoms with van der Waals surface area (Å²) in [5.41, 5.74) is 0.701. The monoisotopic (exact) mass is 814 g/mol. The van der Waals surface area contributed by atoms with Gasteiger partial charge in [0.05, 0.1) is 39.7 Å². The molecule has 0 aromatic carbocycles. The minimum Gasteiger partial charge on any atom is -0.444 e. The number of rotatable bonds is 12. The van der Waals surface area contributed by atoms with Crippen molar-refractivity contribution >= 4 is 60.2 Å². The van der Waals surface area contributed by atoms with Crippen LogP contribution in [-0.2, 0) is 34.2 Å². The molecule has 1 N–H and O–H groups in total. The topological polar surface area (TPSA) is 162 Å². The zero-order valence-corrected chi connectivity index (χ0v) is 35.4. The molecule has 1 aliphatic carbocycles. The van der Waals surface area contributed by atoms with Gasteiger partial charge in [0.1, 0.15) is 12.3 Å². The number of phosphoric acid groups is 1. The number of carbonyl (C=O) groups excluding carboxylic acids is 3. The molecule has 2 aliphatic rings. The van der Waals surface area contributed by atoms with Gasteiger partial charge in [-0.05, 0) is 135 Å². The number of phosphoric ester groups is 1.